The number of rotatable bonds is 2. The molecule has 0 saturated carbocycles. The molecular weight excluding hydrogens is 268 g/mol. The first kappa shape index (κ1) is 11.9. The van der Waals surface area contributed by atoms with Crippen molar-refractivity contribution in [3.63, 3.8) is 0 Å². The van der Waals surface area contributed by atoms with Gasteiger partial charge < -0.3 is 0 Å². The molecule has 0 fully saturated rings. The molecule has 1 aromatic carbocycles. The summed E-state index contributed by atoms with van der Waals surface area (Å²) in [6, 6.07) is 4.82. The van der Waals surface area contributed by atoms with E-state index in [1.165, 1.54) is 0 Å². The normalized spacial score (nSPS) is 10.0. The van der Waals surface area contributed by atoms with Crippen LogP contribution in [-0.4, -0.2) is 11.8 Å². The van der Waals surface area contributed by atoms with Crippen molar-refractivity contribution in [3.05, 3.63) is 28.2 Å². The summed E-state index contributed by atoms with van der Waals surface area (Å²) in [5.74, 6) is -0.714. The second-order valence-electron chi connectivity index (χ2n) is 2.38. The van der Waals surface area contributed by atoms with E-state index in [2.05, 4.69) is 0 Å². The molecule has 0 N–H and O–H groups in total. The first-order valence-corrected chi connectivity index (χ1v) is 5.19. The molecule has 0 saturated heterocycles. The molecule has 2 nitrogen and oxygen atoms in total. The Labute approximate surface area is 101 Å². The van der Waals surface area contributed by atoms with Gasteiger partial charge in [0.15, 0.2) is 0 Å². The SMILES string of the molecule is O=C(CCl)N(Cl)c1c(Cl)cccc1Cl. The van der Waals surface area contributed by atoms with Gasteiger partial charge in [0.25, 0.3) is 5.91 Å². The van der Waals surface area contributed by atoms with E-state index in [9.17, 15) is 4.79 Å². The second-order valence-corrected chi connectivity index (χ2v) is 3.80. The van der Waals surface area contributed by atoms with Gasteiger partial charge in [-0.3, -0.25) is 4.79 Å². The molecule has 6 heteroatoms. The maximum Gasteiger partial charge on any atom is 0.256 e. The summed E-state index contributed by atoms with van der Waals surface area (Å²) < 4.78 is 0.817. The number of alkyl halides is 1. The maximum atomic E-state index is 11.2. The fourth-order valence-electron chi connectivity index (χ4n) is 0.854. The highest BCUT2D eigenvalue weighted by molar-refractivity contribution is 6.47. The Bertz CT molecular complexity index is 335. The topological polar surface area (TPSA) is 20.3 Å². The van der Waals surface area contributed by atoms with Gasteiger partial charge in [0, 0.05) is 11.8 Å². The Hall–Kier alpha value is -0.150. The molecule has 0 bridgehead atoms. The summed E-state index contributed by atoms with van der Waals surface area (Å²) >= 11 is 22.7. The first-order valence-electron chi connectivity index (χ1n) is 3.56. The monoisotopic (exact) mass is 271 g/mol. The molecule has 1 aromatic rings. The third-order valence-corrected chi connectivity index (χ3v) is 2.66. The number of amides is 1. The van der Waals surface area contributed by atoms with Gasteiger partial charge in [-0.25, -0.2) is 4.42 Å². The predicted molar refractivity (Wildman–Crippen MR) is 60.5 cm³/mol. The fraction of sp³-hybridized carbons (Fsp3) is 0.125. The van der Waals surface area contributed by atoms with Crippen molar-refractivity contribution in [1.29, 1.82) is 0 Å². The Kier molecular flexibility index (Phi) is 4.32. The summed E-state index contributed by atoms with van der Waals surface area (Å²) in [5, 5.41) is 0.594. The number of carbonyl (C=O) groups is 1. The van der Waals surface area contributed by atoms with Crippen LogP contribution in [0.3, 0.4) is 0 Å². The molecule has 14 heavy (non-hydrogen) atoms. The largest absolute Gasteiger partial charge is 0.272 e. The molecule has 0 atom stereocenters. The standard InChI is InChI=1S/C8H5Cl4NO/c9-4-7(14)13(12)8-5(10)2-1-3-6(8)11/h1-3H,4H2. The zero-order valence-electron chi connectivity index (χ0n) is 6.81. The number of nitrogens with zero attached hydrogens (tertiary/aromatic N) is 1. The molecule has 76 valence electrons. The van der Waals surface area contributed by atoms with Gasteiger partial charge in [0.05, 0.1) is 15.7 Å². The lowest BCUT2D eigenvalue weighted by Gasteiger charge is -2.15. The lowest BCUT2D eigenvalue weighted by atomic mass is 10.3. The highest BCUT2D eigenvalue weighted by atomic mass is 35.5. The molecule has 0 radical (unpaired) electrons. The zero-order valence-corrected chi connectivity index (χ0v) is 9.83. The lowest BCUT2D eigenvalue weighted by Crippen LogP contribution is -2.22. The number of hydrogen-bond donors (Lipinski definition) is 0. The third-order valence-electron chi connectivity index (χ3n) is 1.47. The summed E-state index contributed by atoms with van der Waals surface area (Å²) in [6.07, 6.45) is 0. The first-order chi connectivity index (χ1) is 6.57. The van der Waals surface area contributed by atoms with Crippen LogP contribution in [0, 0.1) is 0 Å². The Balaban J connectivity index is 3.11. The smallest absolute Gasteiger partial charge is 0.256 e. The van der Waals surface area contributed by atoms with Crippen LogP contribution in [0.4, 0.5) is 5.69 Å². The van der Waals surface area contributed by atoms with Gasteiger partial charge in [-0.05, 0) is 12.1 Å². The fourth-order valence-corrected chi connectivity index (χ4v) is 1.93. The molecule has 1 rings (SSSR count). The van der Waals surface area contributed by atoms with Crippen LogP contribution in [0.15, 0.2) is 18.2 Å². The van der Waals surface area contributed by atoms with Crippen molar-refractivity contribution in [2.45, 2.75) is 0 Å². The highest BCUT2D eigenvalue weighted by Gasteiger charge is 2.18. The average Bonchev–Trinajstić information content (AvgIpc) is 2.16. The molecule has 0 aliphatic heterocycles. The van der Waals surface area contributed by atoms with E-state index in [4.69, 9.17) is 46.6 Å². The van der Waals surface area contributed by atoms with Crippen molar-refractivity contribution in [2.24, 2.45) is 0 Å². The lowest BCUT2D eigenvalue weighted by molar-refractivity contribution is -0.115. The summed E-state index contributed by atoms with van der Waals surface area (Å²) in [6.45, 7) is 0. The van der Waals surface area contributed by atoms with Crippen LogP contribution in [0.5, 0.6) is 0 Å². The van der Waals surface area contributed by atoms with Crippen LogP contribution < -0.4 is 4.42 Å². The minimum atomic E-state index is -0.483. The Morgan fingerprint density at radius 1 is 1.29 bits per heavy atom. The van der Waals surface area contributed by atoms with Crippen molar-refractivity contribution < 1.29 is 4.79 Å². The number of para-hydroxylation sites is 1. The summed E-state index contributed by atoms with van der Waals surface area (Å²) in [7, 11) is 0. The predicted octanol–water partition coefficient (Wildman–Crippen LogP) is 3.72. The van der Waals surface area contributed by atoms with Crippen LogP contribution in [-0.2, 0) is 4.79 Å². The third kappa shape index (κ3) is 2.45. The van der Waals surface area contributed by atoms with Gasteiger partial charge >= 0.3 is 0 Å². The van der Waals surface area contributed by atoms with Crippen LogP contribution in [0.2, 0.25) is 10.0 Å². The molecule has 0 spiro atoms. The van der Waals surface area contributed by atoms with Gasteiger partial charge in [-0.1, -0.05) is 29.3 Å². The van der Waals surface area contributed by atoms with Crippen molar-refractivity contribution >= 4 is 58.2 Å². The van der Waals surface area contributed by atoms with Crippen molar-refractivity contribution in [3.8, 4) is 0 Å². The molecular formula is C8H5Cl4NO. The number of halogens is 4. The van der Waals surface area contributed by atoms with Crippen molar-refractivity contribution in [1.82, 2.24) is 0 Å². The van der Waals surface area contributed by atoms with E-state index in [-0.39, 0.29) is 11.6 Å². The Morgan fingerprint density at radius 2 is 1.79 bits per heavy atom. The van der Waals surface area contributed by atoms with E-state index in [0.29, 0.717) is 10.0 Å². The van der Waals surface area contributed by atoms with E-state index < -0.39 is 5.91 Å². The van der Waals surface area contributed by atoms with E-state index in [1.807, 2.05) is 0 Å². The van der Waals surface area contributed by atoms with Gasteiger partial charge in [-0.2, -0.15) is 0 Å². The number of benzene rings is 1. The zero-order chi connectivity index (χ0) is 10.7. The van der Waals surface area contributed by atoms with Crippen molar-refractivity contribution in [2.75, 3.05) is 10.3 Å². The van der Waals surface area contributed by atoms with Gasteiger partial charge in [0.2, 0.25) is 0 Å². The number of anilines is 1. The molecule has 0 heterocycles. The highest BCUT2D eigenvalue weighted by Crippen LogP contribution is 2.34. The minimum Gasteiger partial charge on any atom is -0.272 e. The van der Waals surface area contributed by atoms with Crippen LogP contribution in [0.25, 0.3) is 0 Å². The van der Waals surface area contributed by atoms with Gasteiger partial charge in [0.1, 0.15) is 5.88 Å². The molecule has 1 amide bonds. The quantitative estimate of drug-likeness (QED) is 0.594. The molecule has 0 unspecified atom stereocenters. The molecule has 0 aliphatic carbocycles. The second kappa shape index (κ2) is 5.08. The summed E-state index contributed by atoms with van der Waals surface area (Å²) in [4.78, 5) is 11.2. The van der Waals surface area contributed by atoms with Crippen LogP contribution in [0.1, 0.15) is 0 Å². The van der Waals surface area contributed by atoms with Gasteiger partial charge in [-0.15, -0.1) is 11.6 Å². The maximum absolute atomic E-state index is 11.2. The summed E-state index contributed by atoms with van der Waals surface area (Å²) in [5.41, 5.74) is 0.253. The number of carbonyl (C=O) groups excluding carboxylic acids is 1. The van der Waals surface area contributed by atoms with Crippen LogP contribution >= 0.6 is 46.6 Å². The Morgan fingerprint density at radius 3 is 2.21 bits per heavy atom. The number of hydrogen-bond acceptors (Lipinski definition) is 1. The molecule has 0 aromatic heterocycles. The average molecular weight is 273 g/mol. The van der Waals surface area contributed by atoms with E-state index in [1.54, 1.807) is 18.2 Å². The minimum absolute atomic E-state index is 0.231. The molecule has 0 aliphatic rings. The van der Waals surface area contributed by atoms with E-state index >= 15 is 0 Å². The van der Waals surface area contributed by atoms with E-state index in [0.717, 1.165) is 4.42 Å².